The number of hydrogen-bond acceptors (Lipinski definition) is 3. The molecule has 0 radical (unpaired) electrons. The van der Waals surface area contributed by atoms with Crippen molar-refractivity contribution in [1.29, 1.82) is 0 Å². The van der Waals surface area contributed by atoms with Crippen LogP contribution in [0.25, 0.3) is 0 Å². The van der Waals surface area contributed by atoms with Gasteiger partial charge in [0.2, 0.25) is 0 Å². The zero-order valence-corrected chi connectivity index (χ0v) is 14.1. The van der Waals surface area contributed by atoms with Gasteiger partial charge in [0.15, 0.2) is 0 Å². The first-order chi connectivity index (χ1) is 10.3. The first kappa shape index (κ1) is 16.3. The number of nitrogens with one attached hydrogen (secondary N) is 1. The molecule has 0 aliphatic heterocycles. The van der Waals surface area contributed by atoms with Crippen LogP contribution >= 0.6 is 22.9 Å². The molecule has 2 nitrogen and oxygen atoms in total. The van der Waals surface area contributed by atoms with Crippen molar-refractivity contribution in [3.8, 4) is 5.75 Å². The normalized spacial score (nSPS) is 12.3. The summed E-state index contributed by atoms with van der Waals surface area (Å²) in [6, 6.07) is 10.4. The average Bonchev–Trinajstić information content (AvgIpc) is 2.92. The van der Waals surface area contributed by atoms with E-state index in [0.29, 0.717) is 0 Å². The van der Waals surface area contributed by atoms with Crippen LogP contribution in [0, 0.1) is 0 Å². The standard InChI is InChI=1S/C17H22ClNOS/c1-3-9-19-16(17-15(18)8-11-21-17)13-6-5-7-14(12-13)20-10-4-2/h5-8,11-12,16,19H,3-4,9-10H2,1-2H3. The van der Waals surface area contributed by atoms with Gasteiger partial charge in [-0.1, -0.05) is 37.6 Å². The number of hydrogen-bond donors (Lipinski definition) is 1. The van der Waals surface area contributed by atoms with Gasteiger partial charge in [0, 0.05) is 4.88 Å². The second-order valence-electron chi connectivity index (χ2n) is 4.94. The third kappa shape index (κ3) is 4.47. The zero-order valence-electron chi connectivity index (χ0n) is 12.6. The van der Waals surface area contributed by atoms with Gasteiger partial charge in [-0.15, -0.1) is 11.3 Å². The lowest BCUT2D eigenvalue weighted by Crippen LogP contribution is -2.22. The predicted octanol–water partition coefficient (Wildman–Crippen LogP) is 5.28. The van der Waals surface area contributed by atoms with Crippen molar-refractivity contribution >= 4 is 22.9 Å². The molecule has 0 bridgehead atoms. The lowest BCUT2D eigenvalue weighted by atomic mass is 10.0. The summed E-state index contributed by atoms with van der Waals surface area (Å²) < 4.78 is 5.74. The van der Waals surface area contributed by atoms with Crippen LogP contribution in [0.4, 0.5) is 0 Å². The maximum absolute atomic E-state index is 6.33. The Bertz CT molecular complexity index is 555. The molecule has 0 saturated heterocycles. The van der Waals surface area contributed by atoms with E-state index in [2.05, 4.69) is 31.3 Å². The molecule has 0 amide bonds. The minimum absolute atomic E-state index is 0.127. The number of rotatable bonds is 8. The molecule has 0 saturated carbocycles. The van der Waals surface area contributed by atoms with Crippen LogP contribution in [0.5, 0.6) is 5.75 Å². The largest absolute Gasteiger partial charge is 0.494 e. The van der Waals surface area contributed by atoms with Crippen molar-refractivity contribution in [1.82, 2.24) is 5.32 Å². The van der Waals surface area contributed by atoms with Crippen molar-refractivity contribution in [2.45, 2.75) is 32.7 Å². The highest BCUT2D eigenvalue weighted by Crippen LogP contribution is 2.34. The summed E-state index contributed by atoms with van der Waals surface area (Å²) in [6.07, 6.45) is 2.10. The molecule has 2 aromatic rings. The van der Waals surface area contributed by atoms with Crippen LogP contribution in [-0.2, 0) is 0 Å². The Hall–Kier alpha value is -1.03. The van der Waals surface area contributed by atoms with E-state index in [9.17, 15) is 0 Å². The second kappa shape index (κ2) is 8.42. The van der Waals surface area contributed by atoms with Crippen LogP contribution in [0.15, 0.2) is 35.7 Å². The number of halogens is 1. The van der Waals surface area contributed by atoms with Gasteiger partial charge < -0.3 is 10.1 Å². The van der Waals surface area contributed by atoms with Gasteiger partial charge in [0.1, 0.15) is 5.75 Å². The van der Waals surface area contributed by atoms with Crippen LogP contribution < -0.4 is 10.1 Å². The van der Waals surface area contributed by atoms with Crippen molar-refractivity contribution in [2.75, 3.05) is 13.2 Å². The third-order valence-corrected chi connectivity index (χ3v) is 4.59. The molecule has 2 rings (SSSR count). The maximum atomic E-state index is 6.33. The quantitative estimate of drug-likeness (QED) is 0.713. The lowest BCUT2D eigenvalue weighted by molar-refractivity contribution is 0.317. The third-order valence-electron chi connectivity index (χ3n) is 3.17. The van der Waals surface area contributed by atoms with E-state index in [1.807, 2.05) is 23.6 Å². The van der Waals surface area contributed by atoms with E-state index in [0.717, 1.165) is 41.6 Å². The van der Waals surface area contributed by atoms with E-state index < -0.39 is 0 Å². The predicted molar refractivity (Wildman–Crippen MR) is 91.7 cm³/mol. The molecule has 1 unspecified atom stereocenters. The topological polar surface area (TPSA) is 21.3 Å². The summed E-state index contributed by atoms with van der Waals surface area (Å²) in [5.41, 5.74) is 1.20. The molecular formula is C17H22ClNOS. The molecule has 21 heavy (non-hydrogen) atoms. The molecule has 4 heteroatoms. The van der Waals surface area contributed by atoms with Gasteiger partial charge in [-0.3, -0.25) is 0 Å². The van der Waals surface area contributed by atoms with E-state index in [1.165, 1.54) is 5.56 Å². The Labute approximate surface area is 136 Å². The Balaban J connectivity index is 2.26. The summed E-state index contributed by atoms with van der Waals surface area (Å²) in [6.45, 7) is 5.98. The molecule has 0 aliphatic carbocycles. The maximum Gasteiger partial charge on any atom is 0.119 e. The Morgan fingerprint density at radius 2 is 2.10 bits per heavy atom. The first-order valence-corrected chi connectivity index (χ1v) is 8.71. The van der Waals surface area contributed by atoms with E-state index in [1.54, 1.807) is 11.3 Å². The number of ether oxygens (including phenoxy) is 1. The lowest BCUT2D eigenvalue weighted by Gasteiger charge is -2.19. The molecule has 1 N–H and O–H groups in total. The van der Waals surface area contributed by atoms with Gasteiger partial charge in [-0.25, -0.2) is 0 Å². The average molecular weight is 324 g/mol. The molecule has 1 aromatic heterocycles. The highest BCUT2D eigenvalue weighted by molar-refractivity contribution is 7.10. The highest BCUT2D eigenvalue weighted by atomic mass is 35.5. The van der Waals surface area contributed by atoms with Crippen molar-refractivity contribution in [3.05, 3.63) is 51.2 Å². The van der Waals surface area contributed by atoms with E-state index >= 15 is 0 Å². The number of thiophene rings is 1. The summed E-state index contributed by atoms with van der Waals surface area (Å²) >= 11 is 8.02. The Morgan fingerprint density at radius 1 is 1.24 bits per heavy atom. The molecule has 1 atom stereocenters. The van der Waals surface area contributed by atoms with Crippen molar-refractivity contribution in [2.24, 2.45) is 0 Å². The molecule has 0 fully saturated rings. The Morgan fingerprint density at radius 3 is 2.76 bits per heavy atom. The van der Waals surface area contributed by atoms with E-state index in [-0.39, 0.29) is 6.04 Å². The van der Waals surface area contributed by atoms with Gasteiger partial charge in [-0.2, -0.15) is 0 Å². The molecule has 114 valence electrons. The zero-order chi connectivity index (χ0) is 15.1. The molecule has 1 heterocycles. The molecule has 1 aromatic carbocycles. The fraction of sp³-hybridized carbons (Fsp3) is 0.412. The second-order valence-corrected chi connectivity index (χ2v) is 6.30. The summed E-state index contributed by atoms with van der Waals surface area (Å²) in [5.74, 6) is 0.922. The SMILES string of the molecule is CCCNC(c1cccc(OCCC)c1)c1sccc1Cl. The van der Waals surface area contributed by atoms with Crippen LogP contribution in [-0.4, -0.2) is 13.2 Å². The Kier molecular flexibility index (Phi) is 6.55. The minimum atomic E-state index is 0.127. The number of benzene rings is 1. The van der Waals surface area contributed by atoms with Crippen LogP contribution in [0.3, 0.4) is 0 Å². The fourth-order valence-corrected chi connectivity index (χ4v) is 3.43. The van der Waals surface area contributed by atoms with Crippen LogP contribution in [0.1, 0.15) is 43.2 Å². The van der Waals surface area contributed by atoms with Gasteiger partial charge in [0.05, 0.1) is 17.7 Å². The summed E-state index contributed by atoms with van der Waals surface area (Å²) in [4.78, 5) is 1.16. The highest BCUT2D eigenvalue weighted by Gasteiger charge is 2.18. The van der Waals surface area contributed by atoms with Gasteiger partial charge >= 0.3 is 0 Å². The minimum Gasteiger partial charge on any atom is -0.494 e. The summed E-state index contributed by atoms with van der Waals surface area (Å²) in [7, 11) is 0. The molecule has 0 aliphatic rings. The summed E-state index contributed by atoms with van der Waals surface area (Å²) in [5, 5.41) is 6.45. The fourth-order valence-electron chi connectivity index (χ4n) is 2.17. The van der Waals surface area contributed by atoms with Crippen molar-refractivity contribution < 1.29 is 4.74 Å². The molecular weight excluding hydrogens is 302 g/mol. The van der Waals surface area contributed by atoms with Crippen LogP contribution in [0.2, 0.25) is 5.02 Å². The first-order valence-electron chi connectivity index (χ1n) is 7.45. The van der Waals surface area contributed by atoms with Gasteiger partial charge in [0.25, 0.3) is 0 Å². The smallest absolute Gasteiger partial charge is 0.119 e. The van der Waals surface area contributed by atoms with Crippen molar-refractivity contribution in [3.63, 3.8) is 0 Å². The monoisotopic (exact) mass is 323 g/mol. The van der Waals surface area contributed by atoms with E-state index in [4.69, 9.17) is 16.3 Å². The molecule has 0 spiro atoms. The van der Waals surface area contributed by atoms with Gasteiger partial charge in [-0.05, 0) is 48.5 Å².